The van der Waals surface area contributed by atoms with E-state index in [1.807, 2.05) is 0 Å². The molecule has 1 radical (unpaired) electrons. The first-order chi connectivity index (χ1) is 6.38. The van der Waals surface area contributed by atoms with E-state index in [2.05, 4.69) is 33.2 Å². The summed E-state index contributed by atoms with van der Waals surface area (Å²) in [6.07, 6.45) is 10.7. The number of allylic oxidation sites excluding steroid dienone is 1. The van der Waals surface area contributed by atoms with Gasteiger partial charge in [0, 0.05) is 0 Å². The molecule has 2 unspecified atom stereocenters. The van der Waals surface area contributed by atoms with Gasteiger partial charge in [-0.05, 0) is 18.3 Å². The molecule has 1 aliphatic rings. The Bertz CT molecular complexity index is 151. The summed E-state index contributed by atoms with van der Waals surface area (Å²) in [7, 11) is 2.31. The smallest absolute Gasteiger partial charge is 0.126 e. The number of hydrogen-bond acceptors (Lipinski definition) is 0. The van der Waals surface area contributed by atoms with E-state index >= 15 is 0 Å². The number of unbranched alkanes of at least 4 members (excludes halogenated alkanes) is 2. The van der Waals surface area contributed by atoms with Crippen molar-refractivity contribution in [3.8, 4) is 0 Å². The predicted molar refractivity (Wildman–Crippen MR) is 61.1 cm³/mol. The lowest BCUT2D eigenvalue weighted by molar-refractivity contribution is 0.367. The summed E-state index contributed by atoms with van der Waals surface area (Å²) in [6, 6.07) is 0. The fraction of sp³-hybridized carbons (Fsp3) is 0.833. The Balaban J connectivity index is 2.21. The highest BCUT2D eigenvalue weighted by Gasteiger charge is 2.19. The van der Waals surface area contributed by atoms with Crippen molar-refractivity contribution in [1.29, 1.82) is 0 Å². The quantitative estimate of drug-likeness (QED) is 0.427. The third-order valence-corrected chi connectivity index (χ3v) is 3.21. The van der Waals surface area contributed by atoms with E-state index in [1.165, 1.54) is 38.4 Å². The average molecular weight is 177 g/mol. The molecule has 0 nitrogen and oxygen atoms in total. The van der Waals surface area contributed by atoms with Gasteiger partial charge in [0.1, 0.15) is 7.28 Å². The van der Waals surface area contributed by atoms with Crippen LogP contribution >= 0.6 is 0 Å². The molecule has 73 valence electrons. The van der Waals surface area contributed by atoms with Crippen molar-refractivity contribution in [2.75, 3.05) is 0 Å². The first-order valence-corrected chi connectivity index (χ1v) is 5.88. The molecule has 0 N–H and O–H groups in total. The van der Waals surface area contributed by atoms with Gasteiger partial charge in [-0.3, -0.25) is 0 Å². The number of hydrogen-bond donors (Lipinski definition) is 0. The third-order valence-electron chi connectivity index (χ3n) is 3.21. The molecule has 1 heterocycles. The van der Waals surface area contributed by atoms with Gasteiger partial charge in [-0.1, -0.05) is 51.9 Å². The van der Waals surface area contributed by atoms with Gasteiger partial charge in [-0.25, -0.2) is 0 Å². The second-order valence-electron chi connectivity index (χ2n) is 4.18. The summed E-state index contributed by atoms with van der Waals surface area (Å²) in [5.74, 6) is 4.05. The minimum Gasteiger partial charge on any atom is -0.126 e. The molecule has 0 aliphatic carbocycles. The van der Waals surface area contributed by atoms with Crippen LogP contribution in [0.1, 0.15) is 46.0 Å². The summed E-state index contributed by atoms with van der Waals surface area (Å²) in [6.45, 7) is 4.62. The second kappa shape index (κ2) is 6.29. The second-order valence-corrected chi connectivity index (χ2v) is 4.18. The maximum Gasteiger partial charge on any atom is 0.141 e. The Labute approximate surface area is 84.0 Å². The van der Waals surface area contributed by atoms with Crippen LogP contribution in [0.5, 0.6) is 0 Å². The zero-order chi connectivity index (χ0) is 9.52. The fourth-order valence-corrected chi connectivity index (χ4v) is 2.26. The molecule has 0 fully saturated rings. The van der Waals surface area contributed by atoms with E-state index in [-0.39, 0.29) is 0 Å². The Kier molecular flexibility index (Phi) is 5.26. The summed E-state index contributed by atoms with van der Waals surface area (Å²) in [5, 5.41) is 0. The van der Waals surface area contributed by atoms with Crippen LogP contribution in [0.4, 0.5) is 0 Å². The molecule has 1 heteroatoms. The molecule has 0 amide bonds. The van der Waals surface area contributed by atoms with Crippen molar-refractivity contribution in [3.63, 3.8) is 0 Å². The molecule has 0 bridgehead atoms. The SMILES string of the molecule is CCCCCC(CC)C1C=C[B]C1. The van der Waals surface area contributed by atoms with Crippen LogP contribution in [0.25, 0.3) is 0 Å². The van der Waals surface area contributed by atoms with Crippen LogP contribution in [-0.2, 0) is 0 Å². The highest BCUT2D eigenvalue weighted by molar-refractivity contribution is 6.43. The lowest BCUT2D eigenvalue weighted by Crippen LogP contribution is -2.10. The van der Waals surface area contributed by atoms with Crippen LogP contribution in [0, 0.1) is 11.8 Å². The lowest BCUT2D eigenvalue weighted by atomic mass is 9.73. The maximum atomic E-state index is 2.40. The first kappa shape index (κ1) is 10.9. The Morgan fingerprint density at radius 1 is 1.38 bits per heavy atom. The van der Waals surface area contributed by atoms with Crippen LogP contribution in [0.3, 0.4) is 0 Å². The predicted octanol–water partition coefficient (Wildman–Crippen LogP) is 3.86. The largest absolute Gasteiger partial charge is 0.141 e. The average Bonchev–Trinajstić information content (AvgIpc) is 2.65. The van der Waals surface area contributed by atoms with Gasteiger partial charge >= 0.3 is 0 Å². The van der Waals surface area contributed by atoms with Crippen LogP contribution in [-0.4, -0.2) is 7.28 Å². The monoisotopic (exact) mass is 177 g/mol. The summed E-state index contributed by atoms with van der Waals surface area (Å²) in [4.78, 5) is 0. The zero-order valence-corrected chi connectivity index (χ0v) is 9.13. The van der Waals surface area contributed by atoms with E-state index in [0.717, 1.165) is 11.8 Å². The summed E-state index contributed by atoms with van der Waals surface area (Å²) in [5.41, 5.74) is 0. The van der Waals surface area contributed by atoms with Gasteiger partial charge < -0.3 is 0 Å². The molecule has 0 spiro atoms. The Morgan fingerprint density at radius 3 is 2.77 bits per heavy atom. The first-order valence-electron chi connectivity index (χ1n) is 5.88. The molecule has 0 aromatic rings. The lowest BCUT2D eigenvalue weighted by Gasteiger charge is -2.20. The van der Waals surface area contributed by atoms with Gasteiger partial charge in [-0.2, -0.15) is 0 Å². The summed E-state index contributed by atoms with van der Waals surface area (Å²) >= 11 is 0. The van der Waals surface area contributed by atoms with Crippen LogP contribution in [0.2, 0.25) is 6.32 Å². The minimum atomic E-state index is 0.863. The third kappa shape index (κ3) is 3.58. The maximum absolute atomic E-state index is 2.40. The fourth-order valence-electron chi connectivity index (χ4n) is 2.26. The van der Waals surface area contributed by atoms with E-state index in [4.69, 9.17) is 0 Å². The van der Waals surface area contributed by atoms with Crippen LogP contribution < -0.4 is 0 Å². The molecule has 0 aromatic carbocycles. The number of rotatable bonds is 6. The highest BCUT2D eigenvalue weighted by atomic mass is 14.2. The van der Waals surface area contributed by atoms with Crippen molar-refractivity contribution in [2.45, 2.75) is 52.3 Å². The van der Waals surface area contributed by atoms with Crippen LogP contribution in [0.15, 0.2) is 12.1 Å². The van der Waals surface area contributed by atoms with Crippen molar-refractivity contribution < 1.29 is 0 Å². The van der Waals surface area contributed by atoms with Gasteiger partial charge in [0.25, 0.3) is 0 Å². The molecule has 1 rings (SSSR count). The van der Waals surface area contributed by atoms with Crippen molar-refractivity contribution in [3.05, 3.63) is 12.1 Å². The molecule has 2 atom stereocenters. The summed E-state index contributed by atoms with van der Waals surface area (Å²) < 4.78 is 0. The highest BCUT2D eigenvalue weighted by Crippen LogP contribution is 2.29. The molecule has 13 heavy (non-hydrogen) atoms. The van der Waals surface area contributed by atoms with E-state index in [1.54, 1.807) is 0 Å². The standard InChI is InChI=1S/C12H22B/c1-3-5-6-7-11(4-2)12-8-9-13-10-12/h8-9,11-12H,3-7,10H2,1-2H3. The molecule has 1 aliphatic heterocycles. The molecular weight excluding hydrogens is 155 g/mol. The minimum absolute atomic E-state index is 0.863. The topological polar surface area (TPSA) is 0 Å². The normalized spacial score (nSPS) is 23.1. The van der Waals surface area contributed by atoms with Gasteiger partial charge in [0.15, 0.2) is 0 Å². The van der Waals surface area contributed by atoms with Gasteiger partial charge in [0.05, 0.1) is 0 Å². The molecular formula is C12H22B. The Morgan fingerprint density at radius 2 is 2.23 bits per heavy atom. The van der Waals surface area contributed by atoms with Gasteiger partial charge in [0.2, 0.25) is 0 Å². The zero-order valence-electron chi connectivity index (χ0n) is 9.13. The Hall–Kier alpha value is -0.195. The van der Waals surface area contributed by atoms with E-state index in [0.29, 0.717) is 0 Å². The van der Waals surface area contributed by atoms with Gasteiger partial charge in [-0.15, -0.1) is 5.98 Å². The van der Waals surface area contributed by atoms with Crippen molar-refractivity contribution >= 4 is 7.28 Å². The molecule has 0 saturated heterocycles. The van der Waals surface area contributed by atoms with E-state index in [9.17, 15) is 0 Å². The molecule has 0 aromatic heterocycles. The van der Waals surface area contributed by atoms with Crippen molar-refractivity contribution in [2.24, 2.45) is 11.8 Å². The molecule has 0 saturated carbocycles. The van der Waals surface area contributed by atoms with Crippen molar-refractivity contribution in [1.82, 2.24) is 0 Å². The van der Waals surface area contributed by atoms with E-state index < -0.39 is 0 Å².